The minimum Gasteiger partial charge on any atom is -0.497 e. The fourth-order valence-electron chi connectivity index (χ4n) is 3.20. The number of benzene rings is 3. The maximum atomic E-state index is 13.5. The number of halogens is 1. The molecule has 0 bridgehead atoms. The maximum absolute atomic E-state index is 13.5. The predicted octanol–water partition coefficient (Wildman–Crippen LogP) is 5.01. The third-order valence-electron chi connectivity index (χ3n) is 5.03. The first kappa shape index (κ1) is 24.6. The van der Waals surface area contributed by atoms with Crippen molar-refractivity contribution in [2.24, 2.45) is 0 Å². The third kappa shape index (κ3) is 5.61. The molecule has 0 fully saturated rings. The van der Waals surface area contributed by atoms with Gasteiger partial charge in [-0.05, 0) is 55.5 Å². The van der Waals surface area contributed by atoms with Gasteiger partial charge in [-0.2, -0.15) is 0 Å². The van der Waals surface area contributed by atoms with E-state index >= 15 is 0 Å². The lowest BCUT2D eigenvalue weighted by Crippen LogP contribution is -2.38. The number of para-hydroxylation sites is 1. The van der Waals surface area contributed by atoms with E-state index in [0.717, 1.165) is 15.4 Å². The zero-order valence-corrected chi connectivity index (χ0v) is 21.2. The molecule has 0 atom stereocenters. The Morgan fingerprint density at radius 2 is 1.71 bits per heavy atom. The molecule has 1 heterocycles. The number of ether oxygens (including phenoxy) is 1. The van der Waals surface area contributed by atoms with Gasteiger partial charge in [0.2, 0.25) is 11.0 Å². The Bertz CT molecular complexity index is 1440. The zero-order chi connectivity index (χ0) is 25.0. The van der Waals surface area contributed by atoms with Crippen LogP contribution in [0.2, 0.25) is 5.02 Å². The van der Waals surface area contributed by atoms with E-state index in [0.29, 0.717) is 10.8 Å². The highest BCUT2D eigenvalue weighted by Gasteiger charge is 2.29. The molecule has 0 aliphatic rings. The van der Waals surface area contributed by atoms with Crippen LogP contribution in [0.15, 0.2) is 77.7 Å². The topological polar surface area (TPSA) is 101 Å². The molecule has 0 aliphatic heterocycles. The average Bonchev–Trinajstić information content (AvgIpc) is 3.31. The monoisotopic (exact) mass is 528 g/mol. The lowest BCUT2D eigenvalue weighted by atomic mass is 10.2. The summed E-state index contributed by atoms with van der Waals surface area (Å²) in [7, 11) is -2.50. The van der Waals surface area contributed by atoms with E-state index in [9.17, 15) is 13.2 Å². The molecular weight excluding hydrogens is 508 g/mol. The van der Waals surface area contributed by atoms with Crippen molar-refractivity contribution >= 4 is 49.7 Å². The molecule has 1 amide bonds. The first-order valence-electron chi connectivity index (χ1n) is 10.4. The van der Waals surface area contributed by atoms with Crippen molar-refractivity contribution in [1.82, 2.24) is 10.2 Å². The van der Waals surface area contributed by atoms with Crippen LogP contribution in [0.25, 0.3) is 10.6 Å². The molecule has 0 saturated heterocycles. The molecule has 8 nitrogen and oxygen atoms in total. The Hall–Kier alpha value is -3.47. The highest BCUT2D eigenvalue weighted by Crippen LogP contribution is 2.31. The van der Waals surface area contributed by atoms with Crippen molar-refractivity contribution in [2.45, 2.75) is 11.8 Å². The summed E-state index contributed by atoms with van der Waals surface area (Å²) >= 11 is 7.48. The first-order valence-corrected chi connectivity index (χ1v) is 13.0. The van der Waals surface area contributed by atoms with E-state index in [1.807, 2.05) is 19.1 Å². The van der Waals surface area contributed by atoms with Gasteiger partial charge in [0.15, 0.2) is 0 Å². The SMILES string of the molecule is COc1ccc(-c2nnc(NC(=O)CN(c3ccccc3Cl)S(=O)(=O)c3ccc(C)cc3)s2)cc1. The minimum absolute atomic E-state index is 0.0496. The van der Waals surface area contributed by atoms with Crippen LogP contribution in [-0.4, -0.2) is 38.2 Å². The van der Waals surface area contributed by atoms with Crippen molar-refractivity contribution in [3.8, 4) is 16.3 Å². The number of hydrogen-bond acceptors (Lipinski definition) is 7. The molecule has 0 unspecified atom stereocenters. The smallest absolute Gasteiger partial charge is 0.264 e. The largest absolute Gasteiger partial charge is 0.497 e. The lowest BCUT2D eigenvalue weighted by Gasteiger charge is -2.24. The Kier molecular flexibility index (Phi) is 7.34. The minimum atomic E-state index is -4.08. The molecule has 0 aliphatic carbocycles. The molecule has 3 aromatic carbocycles. The molecule has 11 heteroatoms. The second kappa shape index (κ2) is 10.4. The van der Waals surface area contributed by atoms with Crippen LogP contribution in [0.1, 0.15) is 5.56 Å². The fraction of sp³-hybridized carbons (Fsp3) is 0.125. The zero-order valence-electron chi connectivity index (χ0n) is 18.8. The van der Waals surface area contributed by atoms with Gasteiger partial charge in [0.25, 0.3) is 10.0 Å². The van der Waals surface area contributed by atoms with E-state index in [1.54, 1.807) is 55.6 Å². The summed E-state index contributed by atoms with van der Waals surface area (Å²) in [6, 6.07) is 20.1. The summed E-state index contributed by atoms with van der Waals surface area (Å²) in [5.74, 6) is 0.124. The second-order valence-electron chi connectivity index (χ2n) is 7.47. The van der Waals surface area contributed by atoms with Crippen molar-refractivity contribution < 1.29 is 17.9 Å². The van der Waals surface area contributed by atoms with Crippen LogP contribution in [0.5, 0.6) is 5.75 Å². The fourth-order valence-corrected chi connectivity index (χ4v) is 5.70. The number of rotatable bonds is 8. The average molecular weight is 529 g/mol. The number of anilines is 2. The second-order valence-corrected chi connectivity index (χ2v) is 10.7. The van der Waals surface area contributed by atoms with Gasteiger partial charge in [0, 0.05) is 5.56 Å². The Labute approximate surface area is 212 Å². The van der Waals surface area contributed by atoms with Gasteiger partial charge < -0.3 is 4.74 Å². The summed E-state index contributed by atoms with van der Waals surface area (Å²) in [6.45, 7) is 1.36. The number of aryl methyl sites for hydroxylation is 1. The van der Waals surface area contributed by atoms with Crippen LogP contribution in [0, 0.1) is 6.92 Å². The van der Waals surface area contributed by atoms with E-state index in [-0.39, 0.29) is 20.7 Å². The molecule has 1 aromatic heterocycles. The first-order chi connectivity index (χ1) is 16.8. The number of aromatic nitrogens is 2. The number of nitrogens with zero attached hydrogens (tertiary/aromatic N) is 3. The van der Waals surface area contributed by atoms with Gasteiger partial charge in [-0.25, -0.2) is 8.42 Å². The Morgan fingerprint density at radius 3 is 2.37 bits per heavy atom. The van der Waals surface area contributed by atoms with E-state index in [2.05, 4.69) is 15.5 Å². The van der Waals surface area contributed by atoms with Crippen molar-refractivity contribution in [2.75, 3.05) is 23.3 Å². The van der Waals surface area contributed by atoms with Crippen molar-refractivity contribution in [3.05, 3.63) is 83.4 Å². The van der Waals surface area contributed by atoms with Gasteiger partial charge in [-0.3, -0.25) is 14.4 Å². The molecule has 1 N–H and O–H groups in total. The Morgan fingerprint density at radius 1 is 1.03 bits per heavy atom. The third-order valence-corrected chi connectivity index (χ3v) is 8.01. The van der Waals surface area contributed by atoms with Gasteiger partial charge in [0.05, 0.1) is 22.7 Å². The highest BCUT2D eigenvalue weighted by molar-refractivity contribution is 7.92. The summed E-state index contributed by atoms with van der Waals surface area (Å²) in [6.07, 6.45) is 0. The molecule has 4 rings (SSSR count). The summed E-state index contributed by atoms with van der Waals surface area (Å²) in [4.78, 5) is 13.0. The van der Waals surface area contributed by atoms with E-state index in [1.165, 1.54) is 23.5 Å². The molecule has 35 heavy (non-hydrogen) atoms. The number of hydrogen-bond donors (Lipinski definition) is 1. The molecule has 4 aromatic rings. The normalized spacial score (nSPS) is 11.2. The summed E-state index contributed by atoms with van der Waals surface area (Å²) in [5.41, 5.74) is 1.92. The van der Waals surface area contributed by atoms with Gasteiger partial charge in [0.1, 0.15) is 17.3 Å². The number of carbonyl (C=O) groups excluding carboxylic acids is 1. The predicted molar refractivity (Wildman–Crippen MR) is 138 cm³/mol. The maximum Gasteiger partial charge on any atom is 0.264 e. The van der Waals surface area contributed by atoms with E-state index in [4.69, 9.17) is 16.3 Å². The van der Waals surface area contributed by atoms with Gasteiger partial charge in [-0.15, -0.1) is 10.2 Å². The van der Waals surface area contributed by atoms with Crippen LogP contribution in [0.3, 0.4) is 0 Å². The van der Waals surface area contributed by atoms with Gasteiger partial charge >= 0.3 is 0 Å². The highest BCUT2D eigenvalue weighted by atomic mass is 35.5. The van der Waals surface area contributed by atoms with Crippen LogP contribution < -0.4 is 14.4 Å². The molecule has 0 spiro atoms. The number of nitrogens with one attached hydrogen (secondary N) is 1. The van der Waals surface area contributed by atoms with Crippen LogP contribution in [-0.2, 0) is 14.8 Å². The van der Waals surface area contributed by atoms with Crippen molar-refractivity contribution in [1.29, 1.82) is 0 Å². The lowest BCUT2D eigenvalue weighted by molar-refractivity contribution is -0.114. The number of sulfonamides is 1. The molecule has 180 valence electrons. The molecule has 0 radical (unpaired) electrons. The number of methoxy groups -OCH3 is 1. The molecular formula is C24H21ClN4O4S2. The number of carbonyl (C=O) groups is 1. The summed E-state index contributed by atoms with van der Waals surface area (Å²) in [5, 5.41) is 11.8. The number of amides is 1. The quantitative estimate of drug-likeness (QED) is 0.345. The standard InChI is InChI=1S/C24H21ClN4O4S2/c1-16-7-13-19(14-8-16)35(31,32)29(21-6-4-3-5-20(21)25)15-22(30)26-24-28-27-23(34-24)17-9-11-18(33-2)12-10-17/h3-14H,15H2,1-2H3,(H,26,28,30). The van der Waals surface area contributed by atoms with Crippen LogP contribution >= 0.6 is 22.9 Å². The van der Waals surface area contributed by atoms with Crippen LogP contribution in [0.4, 0.5) is 10.8 Å². The van der Waals surface area contributed by atoms with Gasteiger partial charge in [-0.1, -0.05) is 52.8 Å². The van der Waals surface area contributed by atoms with E-state index < -0.39 is 22.5 Å². The summed E-state index contributed by atoms with van der Waals surface area (Å²) < 4.78 is 33.1. The van der Waals surface area contributed by atoms with Crippen molar-refractivity contribution in [3.63, 3.8) is 0 Å². The molecule has 0 saturated carbocycles. The Balaban J connectivity index is 1.58.